The molecule has 17 heavy (non-hydrogen) atoms. The summed E-state index contributed by atoms with van der Waals surface area (Å²) in [5.74, 6) is 0. The van der Waals surface area contributed by atoms with Crippen LogP contribution in [-0.4, -0.2) is 13.4 Å². The zero-order valence-corrected chi connectivity index (χ0v) is 11.4. The van der Waals surface area contributed by atoms with Gasteiger partial charge in [-0.3, -0.25) is 4.72 Å². The Bertz CT molecular complexity index is 640. The first-order valence-electron chi connectivity index (χ1n) is 4.38. The number of thiazole rings is 1. The Morgan fingerprint density at radius 2 is 1.94 bits per heavy atom. The van der Waals surface area contributed by atoms with Crippen LogP contribution in [0.15, 0.2) is 34.7 Å². The van der Waals surface area contributed by atoms with Gasteiger partial charge in [0.05, 0.1) is 16.9 Å². The number of hydrogen-bond acceptors (Lipinski definition) is 4. The summed E-state index contributed by atoms with van der Waals surface area (Å²) in [6.07, 6.45) is 1.20. The molecule has 1 aromatic heterocycles. The van der Waals surface area contributed by atoms with Gasteiger partial charge in [-0.25, -0.2) is 13.4 Å². The van der Waals surface area contributed by atoms with Crippen LogP contribution >= 0.6 is 34.5 Å². The fourth-order valence-electron chi connectivity index (χ4n) is 1.10. The van der Waals surface area contributed by atoms with E-state index in [2.05, 4.69) is 9.71 Å². The molecule has 90 valence electrons. The maximum absolute atomic E-state index is 11.9. The van der Waals surface area contributed by atoms with Gasteiger partial charge in [0.1, 0.15) is 0 Å². The van der Waals surface area contributed by atoms with Crippen LogP contribution in [0.25, 0.3) is 0 Å². The first kappa shape index (κ1) is 12.6. The van der Waals surface area contributed by atoms with Crippen LogP contribution in [0.1, 0.15) is 0 Å². The summed E-state index contributed by atoms with van der Waals surface area (Å²) in [5, 5.41) is 0.326. The van der Waals surface area contributed by atoms with E-state index in [-0.39, 0.29) is 8.68 Å². The second-order valence-electron chi connectivity index (χ2n) is 3.02. The second-order valence-corrected chi connectivity index (χ2v) is 6.95. The molecule has 1 N–H and O–H groups in total. The average Bonchev–Trinajstić information content (AvgIpc) is 2.69. The van der Waals surface area contributed by atoms with Crippen LogP contribution in [0.5, 0.6) is 0 Å². The number of benzene rings is 1. The highest BCUT2D eigenvalue weighted by Gasteiger charge is 2.18. The molecule has 0 bridgehead atoms. The third kappa shape index (κ3) is 2.90. The van der Waals surface area contributed by atoms with Crippen molar-refractivity contribution in [2.24, 2.45) is 0 Å². The highest BCUT2D eigenvalue weighted by atomic mass is 35.5. The lowest BCUT2D eigenvalue weighted by atomic mass is 10.3. The van der Waals surface area contributed by atoms with Crippen molar-refractivity contribution in [2.45, 2.75) is 4.21 Å². The van der Waals surface area contributed by atoms with Gasteiger partial charge in [-0.15, -0.1) is 0 Å². The molecule has 1 aromatic carbocycles. The highest BCUT2D eigenvalue weighted by molar-refractivity contribution is 7.94. The van der Waals surface area contributed by atoms with E-state index in [1.165, 1.54) is 6.20 Å². The Kier molecular flexibility index (Phi) is 3.58. The van der Waals surface area contributed by atoms with E-state index in [9.17, 15) is 8.42 Å². The Balaban J connectivity index is 2.33. The maximum atomic E-state index is 11.9. The van der Waals surface area contributed by atoms with Crippen LogP contribution in [-0.2, 0) is 10.0 Å². The van der Waals surface area contributed by atoms with E-state index in [0.29, 0.717) is 10.7 Å². The quantitative estimate of drug-likeness (QED) is 0.947. The summed E-state index contributed by atoms with van der Waals surface area (Å²) in [5.41, 5.74) is 0.318. The molecule has 0 saturated heterocycles. The molecule has 0 radical (unpaired) electrons. The summed E-state index contributed by atoms with van der Waals surface area (Å²) in [6, 6.07) is 6.56. The minimum absolute atomic E-state index is 0.0439. The summed E-state index contributed by atoms with van der Waals surface area (Å²) in [7, 11) is -3.68. The molecule has 8 heteroatoms. The van der Waals surface area contributed by atoms with Crippen molar-refractivity contribution >= 4 is 50.2 Å². The van der Waals surface area contributed by atoms with Gasteiger partial charge in [-0.2, -0.15) is 0 Å². The molecule has 0 spiro atoms. The van der Waals surface area contributed by atoms with Gasteiger partial charge in [0, 0.05) is 0 Å². The van der Waals surface area contributed by atoms with Crippen LogP contribution in [0.2, 0.25) is 9.49 Å². The molecule has 4 nitrogen and oxygen atoms in total. The summed E-state index contributed by atoms with van der Waals surface area (Å²) in [6.45, 7) is 0. The third-order valence-corrected chi connectivity index (χ3v) is 5.11. The van der Waals surface area contributed by atoms with Crippen molar-refractivity contribution < 1.29 is 8.42 Å². The lowest BCUT2D eigenvalue weighted by Crippen LogP contribution is -2.11. The summed E-state index contributed by atoms with van der Waals surface area (Å²) < 4.78 is 26.4. The number of nitrogens with zero attached hydrogens (tertiary/aromatic N) is 1. The van der Waals surface area contributed by atoms with Crippen molar-refractivity contribution in [3.63, 3.8) is 0 Å². The normalized spacial score (nSPS) is 11.4. The van der Waals surface area contributed by atoms with Crippen LogP contribution in [0, 0.1) is 0 Å². The topological polar surface area (TPSA) is 59.1 Å². The fraction of sp³-hybridized carbons (Fsp3) is 0. The Morgan fingerprint density at radius 1 is 1.24 bits per heavy atom. The molecule has 0 aliphatic rings. The molecular formula is C9H6Cl2N2O2S2. The predicted octanol–water partition coefficient (Wildman–Crippen LogP) is 3.25. The molecule has 0 atom stereocenters. The van der Waals surface area contributed by atoms with E-state index in [1.54, 1.807) is 24.3 Å². The number of halogens is 2. The maximum Gasteiger partial charge on any atom is 0.273 e. The molecule has 0 amide bonds. The van der Waals surface area contributed by atoms with Crippen molar-refractivity contribution in [3.05, 3.63) is 40.0 Å². The lowest BCUT2D eigenvalue weighted by molar-refractivity contribution is 0.603. The molecule has 0 aliphatic heterocycles. The van der Waals surface area contributed by atoms with Gasteiger partial charge in [-0.05, 0) is 12.1 Å². The Morgan fingerprint density at radius 3 is 2.53 bits per heavy atom. The average molecular weight is 309 g/mol. The van der Waals surface area contributed by atoms with E-state index in [4.69, 9.17) is 23.2 Å². The largest absolute Gasteiger partial charge is 0.277 e. The van der Waals surface area contributed by atoms with Gasteiger partial charge < -0.3 is 0 Å². The number of anilines is 1. The van der Waals surface area contributed by atoms with Gasteiger partial charge in [0.25, 0.3) is 10.0 Å². The minimum atomic E-state index is -3.68. The number of rotatable bonds is 3. The number of nitrogens with one attached hydrogen (secondary N) is 1. The van der Waals surface area contributed by atoms with E-state index >= 15 is 0 Å². The Hall–Kier alpha value is -0.820. The molecule has 2 rings (SSSR count). The number of sulfonamides is 1. The molecule has 0 saturated carbocycles. The molecule has 0 fully saturated rings. The van der Waals surface area contributed by atoms with Gasteiger partial charge >= 0.3 is 0 Å². The van der Waals surface area contributed by atoms with Crippen molar-refractivity contribution in [1.82, 2.24) is 4.98 Å². The molecular weight excluding hydrogens is 303 g/mol. The van der Waals surface area contributed by atoms with Crippen molar-refractivity contribution in [1.29, 1.82) is 0 Å². The van der Waals surface area contributed by atoms with Gasteiger partial charge in [0.2, 0.25) is 0 Å². The molecule has 1 heterocycles. The third-order valence-electron chi connectivity index (χ3n) is 1.84. The Labute approximate surface area is 112 Å². The monoisotopic (exact) mass is 308 g/mol. The van der Waals surface area contributed by atoms with E-state index < -0.39 is 10.0 Å². The molecule has 0 unspecified atom stereocenters. The highest BCUT2D eigenvalue weighted by Crippen LogP contribution is 2.27. The number of aromatic nitrogens is 1. The smallest absolute Gasteiger partial charge is 0.273 e. The van der Waals surface area contributed by atoms with E-state index in [0.717, 1.165) is 11.3 Å². The number of para-hydroxylation sites is 1. The van der Waals surface area contributed by atoms with Crippen LogP contribution in [0.4, 0.5) is 5.69 Å². The fourth-order valence-corrected chi connectivity index (χ4v) is 3.71. The van der Waals surface area contributed by atoms with Crippen molar-refractivity contribution in [3.8, 4) is 0 Å². The van der Waals surface area contributed by atoms with Crippen LogP contribution < -0.4 is 4.72 Å². The summed E-state index contributed by atoms with van der Waals surface area (Å²) >= 11 is 12.3. The first-order chi connectivity index (χ1) is 7.99. The molecule has 2 aromatic rings. The number of hydrogen-bond donors (Lipinski definition) is 1. The SMILES string of the molecule is O=S(=O)(Nc1ccccc1Cl)c1cnc(Cl)s1. The zero-order chi connectivity index (χ0) is 12.5. The predicted molar refractivity (Wildman–Crippen MR) is 69.4 cm³/mol. The second kappa shape index (κ2) is 4.81. The standard InChI is InChI=1S/C9H6Cl2N2O2S2/c10-6-3-1-2-4-7(6)13-17(14,15)8-5-12-9(11)16-8/h1-5,13H. The zero-order valence-electron chi connectivity index (χ0n) is 8.22. The van der Waals surface area contributed by atoms with Crippen molar-refractivity contribution in [2.75, 3.05) is 4.72 Å². The lowest BCUT2D eigenvalue weighted by Gasteiger charge is -2.06. The van der Waals surface area contributed by atoms with Crippen LogP contribution in [0.3, 0.4) is 0 Å². The van der Waals surface area contributed by atoms with Gasteiger partial charge in [-0.1, -0.05) is 46.7 Å². The van der Waals surface area contributed by atoms with Gasteiger partial charge in [0.15, 0.2) is 8.68 Å². The molecule has 0 aliphatic carbocycles. The minimum Gasteiger partial charge on any atom is -0.277 e. The summed E-state index contributed by atoms with van der Waals surface area (Å²) in [4.78, 5) is 3.68. The van der Waals surface area contributed by atoms with E-state index in [1.807, 2.05) is 0 Å². The first-order valence-corrected chi connectivity index (χ1v) is 7.43.